The molecule has 0 aliphatic rings. The topological polar surface area (TPSA) is 51.0 Å². The summed E-state index contributed by atoms with van der Waals surface area (Å²) >= 11 is 0. The molecule has 0 bridgehead atoms. The van der Waals surface area contributed by atoms with Gasteiger partial charge in [-0.15, -0.1) is 0 Å². The lowest BCUT2D eigenvalue weighted by atomic mass is 9.91. The summed E-state index contributed by atoms with van der Waals surface area (Å²) in [6, 6.07) is 0. The number of quaternary nitrogens is 1. The van der Waals surface area contributed by atoms with Gasteiger partial charge in [-0.3, -0.25) is 4.79 Å². The number of unbranched alkanes of at least 4 members (excludes halogenated alkanes) is 15. The molecule has 0 fully saturated rings. The zero-order valence-electron chi connectivity index (χ0n) is 26.6. The van der Waals surface area contributed by atoms with Crippen molar-refractivity contribution >= 4 is 5.97 Å². The Morgan fingerprint density at radius 3 is 1.27 bits per heavy atom. The van der Waals surface area contributed by atoms with Gasteiger partial charge < -0.3 is 14.7 Å². The van der Waals surface area contributed by atoms with Crippen LogP contribution >= 0.6 is 0 Å². The number of hydrogen-bond acceptors (Lipinski definition) is 3. The summed E-state index contributed by atoms with van der Waals surface area (Å²) in [6.45, 7) is 18.5. The summed E-state index contributed by atoms with van der Waals surface area (Å²) in [7, 11) is 0. The first kappa shape index (κ1) is 38.5. The Balaban J connectivity index is 0. The minimum Gasteiger partial charge on any atom is -0.463 e. The molecule has 0 amide bonds. The van der Waals surface area contributed by atoms with Gasteiger partial charge in [-0.05, 0) is 65.7 Å². The van der Waals surface area contributed by atoms with Crippen LogP contribution in [0.25, 0.3) is 0 Å². The highest BCUT2D eigenvalue weighted by atomic mass is 16.5. The van der Waals surface area contributed by atoms with Crippen molar-refractivity contribution in [2.24, 2.45) is 5.41 Å². The number of nitrogens with one attached hydrogen (secondary N) is 1. The van der Waals surface area contributed by atoms with Crippen molar-refractivity contribution in [1.29, 1.82) is 0 Å². The Morgan fingerprint density at radius 1 is 0.649 bits per heavy atom. The zero-order valence-corrected chi connectivity index (χ0v) is 26.6. The standard InChI is InChI=1S/C24H51N.C9H18O3/c1-4-7-10-13-16-19-22-25(23-20-17-14-11-8-5-2)24-21-18-15-12-9-6-3;1-5-9(3,4)8(11)12-6-7(2)10/h4-24H2,1-3H3;7,10H,5-6H2,1-4H3/p+1. The molecule has 0 aromatic heterocycles. The van der Waals surface area contributed by atoms with Gasteiger partial charge >= 0.3 is 5.97 Å². The van der Waals surface area contributed by atoms with E-state index in [9.17, 15) is 4.79 Å². The third-order valence-corrected chi connectivity index (χ3v) is 7.54. The molecule has 0 saturated heterocycles. The summed E-state index contributed by atoms with van der Waals surface area (Å²) in [5, 5.41) is 8.86. The van der Waals surface area contributed by atoms with E-state index in [1.165, 1.54) is 135 Å². The first-order valence-electron chi connectivity index (χ1n) is 16.4. The van der Waals surface area contributed by atoms with E-state index in [0.29, 0.717) is 0 Å². The fourth-order valence-electron chi connectivity index (χ4n) is 4.38. The van der Waals surface area contributed by atoms with Gasteiger partial charge in [0.05, 0.1) is 31.2 Å². The van der Waals surface area contributed by atoms with Crippen LogP contribution in [0.1, 0.15) is 170 Å². The highest BCUT2D eigenvalue weighted by molar-refractivity contribution is 5.75. The van der Waals surface area contributed by atoms with Crippen LogP contribution in [0.4, 0.5) is 0 Å². The fourth-order valence-corrected chi connectivity index (χ4v) is 4.38. The predicted molar refractivity (Wildman–Crippen MR) is 162 cm³/mol. The Kier molecular flexibility index (Phi) is 29.6. The highest BCUT2D eigenvalue weighted by Gasteiger charge is 2.27. The molecular formula is C33H70NO3+. The van der Waals surface area contributed by atoms with Crippen LogP contribution in [0, 0.1) is 5.41 Å². The van der Waals surface area contributed by atoms with Crippen molar-refractivity contribution in [3.8, 4) is 0 Å². The lowest BCUT2D eigenvalue weighted by molar-refractivity contribution is -0.900. The summed E-state index contributed by atoms with van der Waals surface area (Å²) in [4.78, 5) is 13.2. The third-order valence-electron chi connectivity index (χ3n) is 7.54. The van der Waals surface area contributed by atoms with Crippen molar-refractivity contribution in [3.63, 3.8) is 0 Å². The summed E-state index contributed by atoms with van der Waals surface area (Å²) < 4.78 is 4.87. The number of ether oxygens (including phenoxy) is 1. The molecule has 1 unspecified atom stereocenters. The van der Waals surface area contributed by atoms with Gasteiger partial charge in [0.1, 0.15) is 6.61 Å². The number of rotatable bonds is 25. The number of aliphatic hydroxyl groups is 1. The quantitative estimate of drug-likeness (QED) is 0.0925. The smallest absolute Gasteiger partial charge is 0.311 e. The molecule has 4 nitrogen and oxygen atoms in total. The Bertz CT molecular complexity index is 426. The van der Waals surface area contributed by atoms with E-state index in [1.807, 2.05) is 25.7 Å². The van der Waals surface area contributed by atoms with Gasteiger partial charge in [-0.2, -0.15) is 0 Å². The lowest BCUT2D eigenvalue weighted by Gasteiger charge is -2.20. The van der Waals surface area contributed by atoms with E-state index in [0.717, 1.165) is 6.42 Å². The minimum atomic E-state index is -0.582. The second-order valence-corrected chi connectivity index (χ2v) is 12.0. The molecule has 0 radical (unpaired) electrons. The first-order valence-corrected chi connectivity index (χ1v) is 16.4. The second-order valence-electron chi connectivity index (χ2n) is 12.0. The Labute approximate surface area is 233 Å². The highest BCUT2D eigenvalue weighted by Crippen LogP contribution is 2.21. The first-order chi connectivity index (χ1) is 17.7. The number of carbonyl (C=O) groups excluding carboxylic acids is 1. The van der Waals surface area contributed by atoms with E-state index < -0.39 is 11.5 Å². The molecule has 0 aromatic carbocycles. The van der Waals surface area contributed by atoms with Crippen molar-refractivity contribution in [3.05, 3.63) is 0 Å². The summed E-state index contributed by atoms with van der Waals surface area (Å²) in [6.07, 6.45) is 26.1. The normalized spacial score (nSPS) is 12.4. The number of aliphatic hydroxyl groups excluding tert-OH is 1. The van der Waals surface area contributed by atoms with E-state index >= 15 is 0 Å². The van der Waals surface area contributed by atoms with Crippen LogP contribution in [0.3, 0.4) is 0 Å². The zero-order chi connectivity index (χ0) is 28.2. The average Bonchev–Trinajstić information content (AvgIpc) is 2.88. The van der Waals surface area contributed by atoms with Gasteiger partial charge in [-0.1, -0.05) is 105 Å². The number of esters is 1. The van der Waals surface area contributed by atoms with Crippen LogP contribution in [-0.2, 0) is 9.53 Å². The molecule has 224 valence electrons. The second kappa shape index (κ2) is 28.4. The van der Waals surface area contributed by atoms with Crippen LogP contribution in [-0.4, -0.2) is 43.4 Å². The molecule has 0 rings (SSSR count). The maximum Gasteiger partial charge on any atom is 0.311 e. The van der Waals surface area contributed by atoms with E-state index in [4.69, 9.17) is 9.84 Å². The maximum atomic E-state index is 11.3. The van der Waals surface area contributed by atoms with Crippen LogP contribution < -0.4 is 4.90 Å². The van der Waals surface area contributed by atoms with Gasteiger partial charge in [-0.25, -0.2) is 0 Å². The lowest BCUT2D eigenvalue weighted by Crippen LogP contribution is -3.12. The molecule has 0 spiro atoms. The molecule has 0 aromatic rings. The van der Waals surface area contributed by atoms with Gasteiger partial charge in [0.2, 0.25) is 0 Å². The van der Waals surface area contributed by atoms with E-state index in [-0.39, 0.29) is 12.6 Å². The molecule has 37 heavy (non-hydrogen) atoms. The monoisotopic (exact) mass is 529 g/mol. The Morgan fingerprint density at radius 2 is 0.973 bits per heavy atom. The fraction of sp³-hybridized carbons (Fsp3) is 0.970. The average molecular weight is 529 g/mol. The molecule has 0 saturated carbocycles. The van der Waals surface area contributed by atoms with E-state index in [2.05, 4.69) is 20.8 Å². The van der Waals surface area contributed by atoms with Gasteiger partial charge in [0.25, 0.3) is 0 Å². The SMILES string of the molecule is CCC(C)(C)C(=O)OCC(C)O.CCCCCCCC[NH+](CCCCCCCC)CCCCCCCC. The largest absolute Gasteiger partial charge is 0.463 e. The van der Waals surface area contributed by atoms with Crippen LogP contribution in [0.15, 0.2) is 0 Å². The van der Waals surface area contributed by atoms with Gasteiger partial charge in [0, 0.05) is 0 Å². The molecule has 1 atom stereocenters. The molecular weight excluding hydrogens is 458 g/mol. The summed E-state index contributed by atoms with van der Waals surface area (Å²) in [5.41, 5.74) is -0.436. The molecule has 2 N–H and O–H groups in total. The van der Waals surface area contributed by atoms with Gasteiger partial charge in [0.15, 0.2) is 0 Å². The van der Waals surface area contributed by atoms with Crippen LogP contribution in [0.2, 0.25) is 0 Å². The Hall–Kier alpha value is -0.610. The maximum absolute atomic E-state index is 11.3. The third kappa shape index (κ3) is 28.2. The molecule has 0 aliphatic carbocycles. The molecule has 4 heteroatoms. The number of carbonyl (C=O) groups is 1. The van der Waals surface area contributed by atoms with E-state index in [1.54, 1.807) is 6.92 Å². The molecule has 0 heterocycles. The van der Waals surface area contributed by atoms with Crippen molar-refractivity contribution < 1.29 is 19.5 Å². The van der Waals surface area contributed by atoms with Crippen molar-refractivity contribution in [2.45, 2.75) is 177 Å². The predicted octanol–water partition coefficient (Wildman–Crippen LogP) is 8.30. The van der Waals surface area contributed by atoms with Crippen LogP contribution in [0.5, 0.6) is 0 Å². The summed E-state index contributed by atoms with van der Waals surface area (Å²) in [5.74, 6) is -0.245. The van der Waals surface area contributed by atoms with Crippen molar-refractivity contribution in [2.75, 3.05) is 26.2 Å². The van der Waals surface area contributed by atoms with Crippen molar-refractivity contribution in [1.82, 2.24) is 0 Å². The minimum absolute atomic E-state index is 0.0856. The molecule has 0 aliphatic heterocycles. The number of hydrogen-bond donors (Lipinski definition) is 2.